The zero-order valence-electron chi connectivity index (χ0n) is 19.1. The Labute approximate surface area is 181 Å². The van der Waals surface area contributed by atoms with E-state index in [-0.39, 0.29) is 23.8 Å². The van der Waals surface area contributed by atoms with E-state index in [1.165, 1.54) is 14.0 Å². The molecule has 0 aliphatic heterocycles. The number of carbonyl (C=O) groups excluding carboxylic acids is 2. The van der Waals surface area contributed by atoms with Gasteiger partial charge in [-0.25, -0.2) is 0 Å². The lowest BCUT2D eigenvalue weighted by Crippen LogP contribution is -2.18. The van der Waals surface area contributed by atoms with Crippen LogP contribution in [0.3, 0.4) is 0 Å². The maximum atomic E-state index is 11.5. The Kier molecular flexibility index (Phi) is 12.6. The third-order valence-electron chi connectivity index (χ3n) is 5.75. The predicted molar refractivity (Wildman–Crippen MR) is 116 cm³/mol. The van der Waals surface area contributed by atoms with Crippen LogP contribution in [0, 0.1) is 11.8 Å². The highest BCUT2D eigenvalue weighted by Crippen LogP contribution is 2.37. The molecular formula is C24H40O6. The van der Waals surface area contributed by atoms with Gasteiger partial charge >= 0.3 is 11.9 Å². The molecule has 1 rings (SSSR count). The molecule has 0 spiro atoms. The van der Waals surface area contributed by atoms with Gasteiger partial charge in [0.05, 0.1) is 19.3 Å². The highest BCUT2D eigenvalue weighted by molar-refractivity contribution is 5.69. The number of aliphatic hydroxyl groups excluding tert-OH is 2. The molecule has 0 saturated carbocycles. The summed E-state index contributed by atoms with van der Waals surface area (Å²) in [5.74, 6) is -0.0959. The van der Waals surface area contributed by atoms with Gasteiger partial charge in [-0.3, -0.25) is 9.59 Å². The van der Waals surface area contributed by atoms with Crippen molar-refractivity contribution in [2.24, 2.45) is 11.8 Å². The second kappa shape index (κ2) is 14.4. The van der Waals surface area contributed by atoms with Crippen molar-refractivity contribution in [1.82, 2.24) is 0 Å². The van der Waals surface area contributed by atoms with Crippen molar-refractivity contribution in [2.45, 2.75) is 97.2 Å². The third kappa shape index (κ3) is 9.43. The summed E-state index contributed by atoms with van der Waals surface area (Å²) in [5, 5.41) is 21.0. The molecule has 30 heavy (non-hydrogen) atoms. The van der Waals surface area contributed by atoms with Crippen LogP contribution in [0.5, 0.6) is 0 Å². The van der Waals surface area contributed by atoms with E-state index in [2.05, 4.69) is 11.7 Å². The maximum absolute atomic E-state index is 11.5. The van der Waals surface area contributed by atoms with Gasteiger partial charge in [-0.2, -0.15) is 0 Å². The second-order valence-corrected chi connectivity index (χ2v) is 8.32. The van der Waals surface area contributed by atoms with E-state index in [1.54, 1.807) is 6.08 Å². The number of carbonyl (C=O) groups is 2. The molecule has 1 unspecified atom stereocenters. The Morgan fingerprint density at radius 1 is 1.20 bits per heavy atom. The molecular weight excluding hydrogens is 384 g/mol. The Morgan fingerprint density at radius 3 is 2.53 bits per heavy atom. The van der Waals surface area contributed by atoms with Crippen molar-refractivity contribution < 1.29 is 29.3 Å². The molecule has 0 radical (unpaired) electrons. The molecule has 0 aromatic heterocycles. The van der Waals surface area contributed by atoms with E-state index in [4.69, 9.17) is 4.74 Å². The number of rotatable bonds is 14. The SMILES string of the molecule is CCCCC(C)[C@H](O)/C=C/[C@@H]1C(CCCCCCC(=O)OC)=C(OC(C)=O)C[C@H]1O. The van der Waals surface area contributed by atoms with Crippen molar-refractivity contribution in [3.63, 3.8) is 0 Å². The summed E-state index contributed by atoms with van der Waals surface area (Å²) in [5.41, 5.74) is 0.940. The van der Waals surface area contributed by atoms with Gasteiger partial charge in [0, 0.05) is 25.7 Å². The summed E-state index contributed by atoms with van der Waals surface area (Å²) in [6, 6.07) is 0. The zero-order chi connectivity index (χ0) is 22.5. The van der Waals surface area contributed by atoms with Crippen molar-refractivity contribution in [2.75, 3.05) is 7.11 Å². The number of aliphatic hydroxyl groups is 2. The molecule has 0 aromatic rings. The summed E-state index contributed by atoms with van der Waals surface area (Å²) >= 11 is 0. The van der Waals surface area contributed by atoms with E-state index in [9.17, 15) is 19.8 Å². The van der Waals surface area contributed by atoms with Crippen LogP contribution in [0.15, 0.2) is 23.5 Å². The summed E-state index contributed by atoms with van der Waals surface area (Å²) in [4.78, 5) is 22.7. The van der Waals surface area contributed by atoms with Gasteiger partial charge in [-0.05, 0) is 37.2 Å². The highest BCUT2D eigenvalue weighted by atomic mass is 16.5. The molecule has 0 amide bonds. The van der Waals surface area contributed by atoms with E-state index in [0.717, 1.165) is 50.5 Å². The van der Waals surface area contributed by atoms with E-state index < -0.39 is 12.2 Å². The minimum absolute atomic E-state index is 0.162. The third-order valence-corrected chi connectivity index (χ3v) is 5.75. The van der Waals surface area contributed by atoms with Crippen LogP contribution in [0.25, 0.3) is 0 Å². The van der Waals surface area contributed by atoms with Crippen molar-refractivity contribution >= 4 is 11.9 Å². The summed E-state index contributed by atoms with van der Waals surface area (Å²) in [6.07, 6.45) is 10.6. The molecule has 0 heterocycles. The smallest absolute Gasteiger partial charge is 0.307 e. The Morgan fingerprint density at radius 2 is 1.90 bits per heavy atom. The second-order valence-electron chi connectivity index (χ2n) is 8.32. The fourth-order valence-electron chi connectivity index (χ4n) is 3.86. The summed E-state index contributed by atoms with van der Waals surface area (Å²) < 4.78 is 10.0. The van der Waals surface area contributed by atoms with Gasteiger partial charge in [0.1, 0.15) is 5.76 Å². The number of ether oxygens (including phenoxy) is 2. The fraction of sp³-hybridized carbons (Fsp3) is 0.750. The highest BCUT2D eigenvalue weighted by Gasteiger charge is 2.33. The molecule has 172 valence electrons. The number of hydrogen-bond acceptors (Lipinski definition) is 6. The number of unbranched alkanes of at least 4 members (excludes halogenated alkanes) is 4. The number of esters is 2. The van der Waals surface area contributed by atoms with Crippen molar-refractivity contribution in [3.8, 4) is 0 Å². The van der Waals surface area contributed by atoms with Crippen LogP contribution >= 0.6 is 0 Å². The average molecular weight is 425 g/mol. The van der Waals surface area contributed by atoms with Crippen LogP contribution in [0.4, 0.5) is 0 Å². The molecule has 0 bridgehead atoms. The Hall–Kier alpha value is -1.66. The van der Waals surface area contributed by atoms with E-state index in [1.807, 2.05) is 13.0 Å². The molecule has 2 N–H and O–H groups in total. The summed E-state index contributed by atoms with van der Waals surface area (Å²) in [6.45, 7) is 5.53. The molecule has 0 saturated heterocycles. The van der Waals surface area contributed by atoms with Gasteiger partial charge in [0.2, 0.25) is 0 Å². The molecule has 1 aliphatic rings. The first-order valence-corrected chi connectivity index (χ1v) is 11.3. The van der Waals surface area contributed by atoms with Gasteiger partial charge in [0.25, 0.3) is 0 Å². The number of hydrogen-bond donors (Lipinski definition) is 2. The standard InChI is InChI=1S/C24H40O6/c1-5-6-11-17(2)21(26)15-14-19-20(23(16-22(19)27)30-18(3)25)12-9-7-8-10-13-24(28)29-4/h14-15,17,19,21-22,26-27H,5-13,16H2,1-4H3/b15-14+/t17?,19-,21-,22-/m1/s1. The molecule has 1 aliphatic carbocycles. The van der Waals surface area contributed by atoms with E-state index >= 15 is 0 Å². The molecule has 0 fully saturated rings. The minimum atomic E-state index is -0.650. The lowest BCUT2D eigenvalue weighted by atomic mass is 9.91. The van der Waals surface area contributed by atoms with Crippen molar-refractivity contribution in [1.29, 1.82) is 0 Å². The van der Waals surface area contributed by atoms with Crippen LogP contribution in [0.1, 0.15) is 85.0 Å². The lowest BCUT2D eigenvalue weighted by Gasteiger charge is -2.18. The van der Waals surface area contributed by atoms with Gasteiger partial charge in [-0.1, -0.05) is 51.7 Å². The quantitative estimate of drug-likeness (QED) is 0.243. The van der Waals surface area contributed by atoms with Crippen LogP contribution in [0.2, 0.25) is 0 Å². The van der Waals surface area contributed by atoms with Gasteiger partial charge in [0.15, 0.2) is 0 Å². The van der Waals surface area contributed by atoms with Crippen molar-refractivity contribution in [3.05, 3.63) is 23.5 Å². The zero-order valence-corrected chi connectivity index (χ0v) is 19.1. The molecule has 0 aromatic carbocycles. The monoisotopic (exact) mass is 424 g/mol. The Bertz CT molecular complexity index is 595. The van der Waals surface area contributed by atoms with Crippen LogP contribution in [-0.2, 0) is 19.1 Å². The lowest BCUT2D eigenvalue weighted by molar-refractivity contribution is -0.140. The van der Waals surface area contributed by atoms with Crippen LogP contribution < -0.4 is 0 Å². The minimum Gasteiger partial charge on any atom is -0.469 e. The van der Waals surface area contributed by atoms with Gasteiger partial charge in [-0.15, -0.1) is 0 Å². The molecule has 4 atom stereocenters. The largest absolute Gasteiger partial charge is 0.469 e. The average Bonchev–Trinajstić information content (AvgIpc) is 2.99. The normalized spacial score (nSPS) is 21.1. The first-order chi connectivity index (χ1) is 14.3. The maximum Gasteiger partial charge on any atom is 0.307 e. The molecule has 6 heteroatoms. The number of methoxy groups -OCH3 is 1. The molecule has 6 nitrogen and oxygen atoms in total. The van der Waals surface area contributed by atoms with Crippen LogP contribution in [-0.4, -0.2) is 41.5 Å². The predicted octanol–water partition coefficient (Wildman–Crippen LogP) is 4.44. The topological polar surface area (TPSA) is 93.1 Å². The first-order valence-electron chi connectivity index (χ1n) is 11.3. The fourth-order valence-corrected chi connectivity index (χ4v) is 3.86. The van der Waals surface area contributed by atoms with E-state index in [0.29, 0.717) is 25.0 Å². The first kappa shape index (κ1) is 26.4. The van der Waals surface area contributed by atoms with Gasteiger partial charge < -0.3 is 19.7 Å². The summed E-state index contributed by atoms with van der Waals surface area (Å²) in [7, 11) is 1.39. The Balaban J connectivity index is 2.70.